The fourth-order valence-corrected chi connectivity index (χ4v) is 4.56. The number of nitrogens with two attached hydrogens (primary N) is 1. The van der Waals surface area contributed by atoms with Gasteiger partial charge in [-0.2, -0.15) is 0 Å². The zero-order valence-corrected chi connectivity index (χ0v) is 19.4. The maximum absolute atomic E-state index is 13.5. The Hall–Kier alpha value is -3.12. The second-order valence-electron chi connectivity index (χ2n) is 7.71. The highest BCUT2D eigenvalue weighted by atomic mass is 31.2. The number of aromatic nitrogens is 3. The standard InChI is InChI=1S/C22H25N4O8P/c23-20(29)21-24-13-26(25-21)22-19(28)18(27)17(34-22)12-33-35(30,14-31-16-9-5-2-6-10-16)32-11-15-7-3-1-4-8-15/h1-10,13,17-19,22,27-28H,11-12,14H2,(H2,23,29)/t17-,18-,19?,22-,35?/m1/s1. The normalized spacial score (nSPS) is 23.6. The lowest BCUT2D eigenvalue weighted by Crippen LogP contribution is -2.34. The van der Waals surface area contributed by atoms with E-state index in [1.54, 1.807) is 24.3 Å². The minimum absolute atomic E-state index is 0.00441. The number of aliphatic hydroxyl groups is 2. The minimum atomic E-state index is -3.84. The largest absolute Gasteiger partial charge is 0.481 e. The lowest BCUT2D eigenvalue weighted by atomic mass is 10.1. The predicted octanol–water partition coefficient (Wildman–Crippen LogP) is 1.46. The van der Waals surface area contributed by atoms with Crippen molar-refractivity contribution >= 4 is 13.5 Å². The Labute approximate surface area is 200 Å². The monoisotopic (exact) mass is 504 g/mol. The summed E-state index contributed by atoms with van der Waals surface area (Å²) in [6.45, 7) is -0.374. The average molecular weight is 504 g/mol. The molecule has 1 fully saturated rings. The summed E-state index contributed by atoms with van der Waals surface area (Å²) in [6.07, 6.45) is -4.31. The van der Waals surface area contributed by atoms with Crippen LogP contribution in [-0.2, 0) is 25.0 Å². The Morgan fingerprint density at radius 1 is 1.06 bits per heavy atom. The van der Waals surface area contributed by atoms with Crippen LogP contribution in [0.3, 0.4) is 0 Å². The topological polar surface area (TPSA) is 168 Å². The molecule has 0 saturated carbocycles. The molecule has 4 N–H and O–H groups in total. The van der Waals surface area contributed by atoms with Crippen molar-refractivity contribution in [3.05, 3.63) is 78.4 Å². The zero-order chi connectivity index (χ0) is 24.8. The van der Waals surface area contributed by atoms with Crippen LogP contribution in [0.15, 0.2) is 67.0 Å². The molecule has 2 unspecified atom stereocenters. The third kappa shape index (κ3) is 6.31. The van der Waals surface area contributed by atoms with Gasteiger partial charge in [-0.3, -0.25) is 9.36 Å². The van der Waals surface area contributed by atoms with E-state index in [0.29, 0.717) is 5.75 Å². The number of para-hydroxylation sites is 1. The van der Waals surface area contributed by atoms with Gasteiger partial charge < -0.3 is 34.5 Å². The fourth-order valence-electron chi connectivity index (χ4n) is 3.31. The molecule has 2 heterocycles. The first-order valence-corrected chi connectivity index (χ1v) is 12.4. The number of ether oxygens (including phenoxy) is 2. The Morgan fingerprint density at radius 2 is 1.74 bits per heavy atom. The third-order valence-corrected chi connectivity index (χ3v) is 6.68. The average Bonchev–Trinajstić information content (AvgIpc) is 3.47. The van der Waals surface area contributed by atoms with Crippen molar-refractivity contribution in [2.45, 2.75) is 31.1 Å². The summed E-state index contributed by atoms with van der Waals surface area (Å²) in [5.74, 6) is -0.651. The van der Waals surface area contributed by atoms with Gasteiger partial charge in [0.2, 0.25) is 5.82 Å². The molecule has 13 heteroatoms. The highest BCUT2D eigenvalue weighted by molar-refractivity contribution is 7.53. The molecule has 0 aliphatic carbocycles. The Bertz CT molecular complexity index is 1120. The number of rotatable bonds is 11. The van der Waals surface area contributed by atoms with Gasteiger partial charge in [-0.05, 0) is 17.7 Å². The van der Waals surface area contributed by atoms with Gasteiger partial charge in [-0.15, -0.1) is 5.10 Å². The van der Waals surface area contributed by atoms with Gasteiger partial charge >= 0.3 is 7.60 Å². The van der Waals surface area contributed by atoms with Gasteiger partial charge in [-0.1, -0.05) is 48.5 Å². The fraction of sp³-hybridized carbons (Fsp3) is 0.318. The summed E-state index contributed by atoms with van der Waals surface area (Å²) < 4.78 is 37.0. The van der Waals surface area contributed by atoms with Crippen molar-refractivity contribution in [2.24, 2.45) is 5.73 Å². The van der Waals surface area contributed by atoms with Crippen molar-refractivity contribution in [2.75, 3.05) is 13.0 Å². The van der Waals surface area contributed by atoms with Crippen LogP contribution >= 0.6 is 7.60 Å². The van der Waals surface area contributed by atoms with Crippen LogP contribution in [0.2, 0.25) is 0 Å². The summed E-state index contributed by atoms with van der Waals surface area (Å²) in [7, 11) is -3.84. The molecular weight excluding hydrogens is 479 g/mol. The van der Waals surface area contributed by atoms with Crippen molar-refractivity contribution < 1.29 is 38.1 Å². The summed E-state index contributed by atoms with van der Waals surface area (Å²) >= 11 is 0. The highest BCUT2D eigenvalue weighted by Gasteiger charge is 2.45. The van der Waals surface area contributed by atoms with E-state index in [2.05, 4.69) is 10.1 Å². The molecule has 186 valence electrons. The number of benzene rings is 2. The Morgan fingerprint density at radius 3 is 2.40 bits per heavy atom. The van der Waals surface area contributed by atoms with Crippen LogP contribution in [0, 0.1) is 0 Å². The molecule has 1 amide bonds. The molecule has 4 rings (SSSR count). The highest BCUT2D eigenvalue weighted by Crippen LogP contribution is 2.49. The van der Waals surface area contributed by atoms with Crippen LogP contribution in [-0.4, -0.2) is 62.2 Å². The SMILES string of the molecule is NC(=O)c1ncn([C@@H]2O[C@H](COP(=O)(COc3ccccc3)OCc3ccccc3)[C@@H](O)C2O)n1. The molecule has 0 spiro atoms. The summed E-state index contributed by atoms with van der Waals surface area (Å²) in [5.41, 5.74) is 5.92. The zero-order valence-electron chi connectivity index (χ0n) is 18.5. The van der Waals surface area contributed by atoms with Crippen LogP contribution in [0.1, 0.15) is 22.4 Å². The number of amides is 1. The third-order valence-electron chi connectivity index (χ3n) is 5.17. The first kappa shape index (κ1) is 25.0. The second kappa shape index (κ2) is 11.1. The van der Waals surface area contributed by atoms with E-state index in [-0.39, 0.29) is 25.4 Å². The molecular formula is C22H25N4O8P. The summed E-state index contributed by atoms with van der Waals surface area (Å²) in [6, 6.07) is 17.9. The number of carbonyl (C=O) groups is 1. The van der Waals surface area contributed by atoms with E-state index in [1.165, 1.54) is 0 Å². The molecule has 1 aliphatic heterocycles. The lowest BCUT2D eigenvalue weighted by Gasteiger charge is -2.22. The van der Waals surface area contributed by atoms with Gasteiger partial charge in [0.25, 0.3) is 5.91 Å². The number of hydrogen-bond acceptors (Lipinski definition) is 10. The van der Waals surface area contributed by atoms with Gasteiger partial charge in [0.05, 0.1) is 13.2 Å². The Balaban J connectivity index is 1.42. The number of carbonyl (C=O) groups excluding carboxylic acids is 1. The van der Waals surface area contributed by atoms with Crippen LogP contribution < -0.4 is 10.5 Å². The van der Waals surface area contributed by atoms with Crippen molar-refractivity contribution in [1.82, 2.24) is 14.8 Å². The van der Waals surface area contributed by atoms with Crippen LogP contribution in [0.4, 0.5) is 0 Å². The molecule has 3 aromatic rings. The van der Waals surface area contributed by atoms with Gasteiger partial charge in [0, 0.05) is 0 Å². The second-order valence-corrected chi connectivity index (χ2v) is 9.71. The maximum atomic E-state index is 13.5. The molecule has 12 nitrogen and oxygen atoms in total. The quantitative estimate of drug-likeness (QED) is 0.325. The van der Waals surface area contributed by atoms with Crippen molar-refractivity contribution in [3.8, 4) is 5.75 Å². The first-order chi connectivity index (χ1) is 16.8. The summed E-state index contributed by atoms with van der Waals surface area (Å²) in [5, 5.41) is 24.7. The minimum Gasteiger partial charge on any atom is -0.481 e. The number of primary amides is 1. The van der Waals surface area contributed by atoms with Gasteiger partial charge in [0.1, 0.15) is 30.4 Å². The van der Waals surface area contributed by atoms with Gasteiger partial charge in [0.15, 0.2) is 12.6 Å². The van der Waals surface area contributed by atoms with Crippen LogP contribution in [0.25, 0.3) is 0 Å². The van der Waals surface area contributed by atoms with E-state index in [1.807, 2.05) is 36.4 Å². The molecule has 1 aromatic heterocycles. The number of hydrogen-bond donors (Lipinski definition) is 3. The molecule has 0 radical (unpaired) electrons. The van der Waals surface area contributed by atoms with Gasteiger partial charge in [-0.25, -0.2) is 9.67 Å². The predicted molar refractivity (Wildman–Crippen MR) is 121 cm³/mol. The molecule has 35 heavy (non-hydrogen) atoms. The number of aliphatic hydroxyl groups excluding tert-OH is 2. The Kier molecular flexibility index (Phi) is 7.91. The van der Waals surface area contributed by atoms with Crippen molar-refractivity contribution in [1.29, 1.82) is 0 Å². The summed E-state index contributed by atoms with van der Waals surface area (Å²) in [4.78, 5) is 15.0. The maximum Gasteiger partial charge on any atom is 0.368 e. The number of nitrogens with zero attached hydrogens (tertiary/aromatic N) is 3. The molecule has 0 bridgehead atoms. The molecule has 1 saturated heterocycles. The van der Waals surface area contributed by atoms with Crippen molar-refractivity contribution in [3.63, 3.8) is 0 Å². The molecule has 1 aliphatic rings. The first-order valence-electron chi connectivity index (χ1n) is 10.7. The molecule has 5 atom stereocenters. The molecule has 2 aromatic carbocycles. The van der Waals surface area contributed by atoms with Crippen LogP contribution in [0.5, 0.6) is 5.75 Å². The lowest BCUT2D eigenvalue weighted by molar-refractivity contribution is -0.0574. The van der Waals surface area contributed by atoms with E-state index >= 15 is 0 Å². The van der Waals surface area contributed by atoms with E-state index < -0.39 is 38.0 Å². The van der Waals surface area contributed by atoms with E-state index in [9.17, 15) is 19.6 Å². The van der Waals surface area contributed by atoms with E-state index in [4.69, 9.17) is 24.3 Å². The van der Waals surface area contributed by atoms with E-state index in [0.717, 1.165) is 16.6 Å². The smallest absolute Gasteiger partial charge is 0.368 e.